The van der Waals surface area contributed by atoms with Crippen molar-refractivity contribution in [3.05, 3.63) is 83.4 Å². The Bertz CT molecular complexity index is 1170. The van der Waals surface area contributed by atoms with Crippen molar-refractivity contribution in [2.75, 3.05) is 15.9 Å². The lowest BCUT2D eigenvalue weighted by Gasteiger charge is -2.29. The van der Waals surface area contributed by atoms with Crippen LogP contribution in [0.15, 0.2) is 72.8 Å². The molecule has 0 saturated heterocycles. The van der Waals surface area contributed by atoms with E-state index >= 15 is 0 Å². The normalized spacial score (nSPS) is 12.1. The van der Waals surface area contributed by atoms with Crippen molar-refractivity contribution in [2.45, 2.75) is 19.9 Å². The molecule has 1 N–H and O–H groups in total. The fourth-order valence-electron chi connectivity index (χ4n) is 3.08. The van der Waals surface area contributed by atoms with Crippen LogP contribution in [0.2, 0.25) is 5.02 Å². The number of para-hydroxylation sites is 1. The largest absolute Gasteiger partial charge is 0.457 e. The van der Waals surface area contributed by atoms with Crippen molar-refractivity contribution in [1.82, 2.24) is 0 Å². The maximum absolute atomic E-state index is 12.9. The van der Waals surface area contributed by atoms with Gasteiger partial charge in [-0.2, -0.15) is 0 Å². The Morgan fingerprint density at radius 2 is 1.61 bits per heavy atom. The number of carbonyl (C=O) groups excluding carboxylic acids is 1. The van der Waals surface area contributed by atoms with Gasteiger partial charge in [-0.05, 0) is 67.9 Å². The highest BCUT2D eigenvalue weighted by Gasteiger charge is 2.30. The topological polar surface area (TPSA) is 75.7 Å². The molecule has 0 fully saturated rings. The molecule has 0 saturated carbocycles. The van der Waals surface area contributed by atoms with E-state index in [2.05, 4.69) is 5.32 Å². The van der Waals surface area contributed by atoms with Gasteiger partial charge in [-0.1, -0.05) is 35.9 Å². The van der Waals surface area contributed by atoms with Gasteiger partial charge < -0.3 is 10.1 Å². The first-order valence-electron chi connectivity index (χ1n) is 9.54. The van der Waals surface area contributed by atoms with E-state index in [1.54, 1.807) is 43.3 Å². The molecule has 3 rings (SSSR count). The highest BCUT2D eigenvalue weighted by atomic mass is 35.5. The second-order valence-electron chi connectivity index (χ2n) is 7.09. The van der Waals surface area contributed by atoms with Crippen molar-refractivity contribution < 1.29 is 17.9 Å². The van der Waals surface area contributed by atoms with E-state index in [4.69, 9.17) is 16.3 Å². The summed E-state index contributed by atoms with van der Waals surface area (Å²) in [4.78, 5) is 12.9. The minimum Gasteiger partial charge on any atom is -0.457 e. The maximum Gasteiger partial charge on any atom is 0.247 e. The average Bonchev–Trinajstić information content (AvgIpc) is 2.72. The van der Waals surface area contributed by atoms with Crippen molar-refractivity contribution in [3.8, 4) is 11.5 Å². The summed E-state index contributed by atoms with van der Waals surface area (Å²) in [7, 11) is -3.74. The van der Waals surface area contributed by atoms with Gasteiger partial charge in [0.1, 0.15) is 17.5 Å². The SMILES string of the molecule is Cc1ccc(Cl)cc1N([C@@H](C)C(=O)Nc1ccc(Oc2ccccc2)cc1)S(C)(=O)=O. The molecule has 0 bridgehead atoms. The Labute approximate surface area is 187 Å². The molecule has 1 atom stereocenters. The van der Waals surface area contributed by atoms with E-state index in [-0.39, 0.29) is 0 Å². The van der Waals surface area contributed by atoms with Gasteiger partial charge in [0.25, 0.3) is 0 Å². The van der Waals surface area contributed by atoms with Crippen molar-refractivity contribution in [2.24, 2.45) is 0 Å². The maximum atomic E-state index is 12.9. The summed E-state index contributed by atoms with van der Waals surface area (Å²) in [6.45, 7) is 3.30. The molecule has 0 aliphatic rings. The lowest BCUT2D eigenvalue weighted by Crippen LogP contribution is -2.45. The predicted molar refractivity (Wildman–Crippen MR) is 125 cm³/mol. The highest BCUT2D eigenvalue weighted by Crippen LogP contribution is 2.29. The van der Waals surface area contributed by atoms with Crippen LogP contribution < -0.4 is 14.4 Å². The van der Waals surface area contributed by atoms with E-state index in [0.717, 1.165) is 10.6 Å². The molecule has 0 aliphatic carbocycles. The molecule has 0 aliphatic heterocycles. The number of anilines is 2. The van der Waals surface area contributed by atoms with E-state index in [0.29, 0.717) is 33.5 Å². The fourth-order valence-corrected chi connectivity index (χ4v) is 4.47. The summed E-state index contributed by atoms with van der Waals surface area (Å²) in [6.07, 6.45) is 1.06. The number of nitrogens with one attached hydrogen (secondary N) is 1. The molecule has 31 heavy (non-hydrogen) atoms. The number of halogens is 1. The van der Waals surface area contributed by atoms with E-state index in [1.165, 1.54) is 13.0 Å². The molecular formula is C23H23ClN2O4S. The summed E-state index contributed by atoms with van der Waals surface area (Å²) < 4.78 is 31.8. The van der Waals surface area contributed by atoms with Crippen LogP contribution in [0.3, 0.4) is 0 Å². The minimum atomic E-state index is -3.74. The molecule has 0 radical (unpaired) electrons. The Morgan fingerprint density at radius 3 is 2.23 bits per heavy atom. The number of amides is 1. The number of benzene rings is 3. The van der Waals surface area contributed by atoms with Crippen molar-refractivity contribution >= 4 is 38.9 Å². The van der Waals surface area contributed by atoms with Crippen molar-refractivity contribution in [3.63, 3.8) is 0 Å². The number of carbonyl (C=O) groups is 1. The summed E-state index contributed by atoms with van der Waals surface area (Å²) in [5.41, 5.74) is 1.58. The Kier molecular flexibility index (Phi) is 6.87. The van der Waals surface area contributed by atoms with Gasteiger partial charge in [0.05, 0.1) is 11.9 Å². The number of sulfonamides is 1. The number of hydrogen-bond acceptors (Lipinski definition) is 4. The van der Waals surface area contributed by atoms with Crippen LogP contribution in [0.5, 0.6) is 11.5 Å². The molecule has 0 heterocycles. The fraction of sp³-hybridized carbons (Fsp3) is 0.174. The van der Waals surface area contributed by atoms with Crippen LogP contribution in [0.25, 0.3) is 0 Å². The molecule has 3 aromatic rings. The number of hydrogen-bond donors (Lipinski definition) is 1. The van der Waals surface area contributed by atoms with Crippen LogP contribution in [0, 0.1) is 6.92 Å². The quantitative estimate of drug-likeness (QED) is 0.525. The highest BCUT2D eigenvalue weighted by molar-refractivity contribution is 7.92. The zero-order valence-corrected chi connectivity index (χ0v) is 18.9. The number of nitrogens with zero attached hydrogens (tertiary/aromatic N) is 1. The van der Waals surface area contributed by atoms with E-state index in [9.17, 15) is 13.2 Å². The molecule has 6 nitrogen and oxygen atoms in total. The zero-order chi connectivity index (χ0) is 22.6. The Morgan fingerprint density at radius 1 is 1.00 bits per heavy atom. The summed E-state index contributed by atoms with van der Waals surface area (Å²) >= 11 is 6.06. The van der Waals surface area contributed by atoms with Gasteiger partial charge in [0.15, 0.2) is 0 Å². The van der Waals surface area contributed by atoms with Gasteiger partial charge in [-0.25, -0.2) is 8.42 Å². The summed E-state index contributed by atoms with van der Waals surface area (Å²) in [5, 5.41) is 3.14. The third-order valence-corrected chi connectivity index (χ3v) is 6.06. The van der Waals surface area contributed by atoms with E-state index in [1.807, 2.05) is 30.3 Å². The summed E-state index contributed by atoms with van der Waals surface area (Å²) in [5.74, 6) is 0.847. The standard InChI is InChI=1S/C23H23ClN2O4S/c1-16-9-10-18(24)15-22(16)26(31(3,28)29)17(2)23(27)25-19-11-13-21(14-12-19)30-20-7-5-4-6-8-20/h4-15,17H,1-3H3,(H,25,27)/t17-/m0/s1. The van der Waals surface area contributed by atoms with Gasteiger partial charge in [-0.15, -0.1) is 0 Å². The van der Waals surface area contributed by atoms with Crippen LogP contribution in [-0.4, -0.2) is 26.6 Å². The van der Waals surface area contributed by atoms with E-state index < -0.39 is 22.0 Å². The first-order chi connectivity index (χ1) is 14.6. The number of rotatable bonds is 7. The molecule has 3 aromatic carbocycles. The Balaban J connectivity index is 1.77. The minimum absolute atomic E-state index is 0.365. The number of aryl methyl sites for hydroxylation is 1. The molecule has 0 aromatic heterocycles. The predicted octanol–water partition coefficient (Wildman–Crippen LogP) is 5.23. The lowest BCUT2D eigenvalue weighted by molar-refractivity contribution is -0.116. The monoisotopic (exact) mass is 458 g/mol. The first-order valence-corrected chi connectivity index (χ1v) is 11.8. The van der Waals surface area contributed by atoms with Crippen molar-refractivity contribution in [1.29, 1.82) is 0 Å². The van der Waals surface area contributed by atoms with Gasteiger partial charge >= 0.3 is 0 Å². The zero-order valence-electron chi connectivity index (χ0n) is 17.4. The van der Waals surface area contributed by atoms with Crippen LogP contribution >= 0.6 is 11.6 Å². The van der Waals surface area contributed by atoms with Gasteiger partial charge in [-0.3, -0.25) is 9.10 Å². The second-order valence-corrected chi connectivity index (χ2v) is 9.39. The molecule has 0 unspecified atom stereocenters. The smallest absolute Gasteiger partial charge is 0.247 e. The molecule has 1 amide bonds. The number of ether oxygens (including phenoxy) is 1. The third-order valence-electron chi connectivity index (χ3n) is 4.60. The molecular weight excluding hydrogens is 436 g/mol. The van der Waals surface area contributed by atoms with Gasteiger partial charge in [0, 0.05) is 10.7 Å². The first kappa shape index (κ1) is 22.7. The van der Waals surface area contributed by atoms with Crippen LogP contribution in [-0.2, 0) is 14.8 Å². The molecule has 0 spiro atoms. The summed E-state index contributed by atoms with van der Waals surface area (Å²) in [6, 6.07) is 20.1. The molecule has 162 valence electrons. The molecule has 8 heteroatoms. The Hall–Kier alpha value is -3.03. The van der Waals surface area contributed by atoms with Gasteiger partial charge in [0.2, 0.25) is 15.9 Å². The average molecular weight is 459 g/mol. The van der Waals surface area contributed by atoms with Crippen LogP contribution in [0.4, 0.5) is 11.4 Å². The lowest BCUT2D eigenvalue weighted by atomic mass is 10.1. The third kappa shape index (κ3) is 5.77. The second kappa shape index (κ2) is 9.41. The van der Waals surface area contributed by atoms with Crippen LogP contribution in [0.1, 0.15) is 12.5 Å².